The van der Waals surface area contributed by atoms with Gasteiger partial charge < -0.3 is 14.2 Å². The second-order valence-electron chi connectivity index (χ2n) is 5.21. The first-order valence-corrected chi connectivity index (χ1v) is 7.30. The van der Waals surface area contributed by atoms with Crippen LogP contribution in [0.3, 0.4) is 0 Å². The summed E-state index contributed by atoms with van der Waals surface area (Å²) in [5, 5.41) is 0. The van der Waals surface area contributed by atoms with Crippen LogP contribution in [0.1, 0.15) is 40.5 Å². The summed E-state index contributed by atoms with van der Waals surface area (Å²) < 4.78 is 16.4. The van der Waals surface area contributed by atoms with Gasteiger partial charge in [-0.05, 0) is 18.8 Å². The zero-order chi connectivity index (χ0) is 15.0. The van der Waals surface area contributed by atoms with Crippen molar-refractivity contribution in [2.24, 2.45) is 5.92 Å². The summed E-state index contributed by atoms with van der Waals surface area (Å²) in [6.45, 7) is 8.42. The van der Waals surface area contributed by atoms with Gasteiger partial charge in [0.25, 0.3) is 0 Å². The van der Waals surface area contributed by atoms with E-state index in [1.807, 2.05) is 6.92 Å². The van der Waals surface area contributed by atoms with E-state index in [4.69, 9.17) is 14.2 Å². The fourth-order valence-electron chi connectivity index (χ4n) is 2.01. The Kier molecular flexibility index (Phi) is 7.55. The average Bonchev–Trinajstić information content (AvgIpc) is 2.42. The quantitative estimate of drug-likeness (QED) is 0.389. The molecule has 0 fully saturated rings. The van der Waals surface area contributed by atoms with E-state index in [2.05, 4.69) is 32.1 Å². The predicted molar refractivity (Wildman–Crippen MR) is 78.2 cm³/mol. The highest BCUT2D eigenvalue weighted by Crippen LogP contribution is 2.23. The SMILES string of the molecule is CCC(OCCOC(C)=O)OC1C=CC=C(C(C)C)C1. The molecule has 0 spiro atoms. The molecule has 0 N–H and O–H groups in total. The summed E-state index contributed by atoms with van der Waals surface area (Å²) in [6, 6.07) is 0. The number of allylic oxidation sites excluding steroid dienone is 2. The van der Waals surface area contributed by atoms with Crippen LogP contribution >= 0.6 is 0 Å². The summed E-state index contributed by atoms with van der Waals surface area (Å²) in [4.78, 5) is 10.7. The van der Waals surface area contributed by atoms with Crippen molar-refractivity contribution < 1.29 is 19.0 Å². The van der Waals surface area contributed by atoms with E-state index in [9.17, 15) is 4.79 Å². The Morgan fingerprint density at radius 1 is 1.40 bits per heavy atom. The van der Waals surface area contributed by atoms with Crippen LogP contribution in [-0.2, 0) is 19.0 Å². The lowest BCUT2D eigenvalue weighted by atomic mass is 9.93. The lowest BCUT2D eigenvalue weighted by Crippen LogP contribution is -2.26. The molecule has 0 amide bonds. The molecule has 4 heteroatoms. The first-order chi connectivity index (χ1) is 9.52. The van der Waals surface area contributed by atoms with Gasteiger partial charge in [-0.25, -0.2) is 0 Å². The smallest absolute Gasteiger partial charge is 0.302 e. The van der Waals surface area contributed by atoms with E-state index in [0.29, 0.717) is 12.5 Å². The van der Waals surface area contributed by atoms with Gasteiger partial charge in [-0.1, -0.05) is 44.6 Å². The van der Waals surface area contributed by atoms with Crippen LogP contribution in [-0.4, -0.2) is 31.6 Å². The van der Waals surface area contributed by atoms with Crippen molar-refractivity contribution in [2.75, 3.05) is 13.2 Å². The van der Waals surface area contributed by atoms with Gasteiger partial charge in [0.15, 0.2) is 6.29 Å². The summed E-state index contributed by atoms with van der Waals surface area (Å²) in [5.41, 5.74) is 1.40. The Labute approximate surface area is 121 Å². The lowest BCUT2D eigenvalue weighted by molar-refractivity contribution is -0.172. The van der Waals surface area contributed by atoms with Crippen LogP contribution in [0.5, 0.6) is 0 Å². The molecular formula is C16H26O4. The van der Waals surface area contributed by atoms with Gasteiger partial charge in [0, 0.05) is 6.92 Å². The van der Waals surface area contributed by atoms with E-state index >= 15 is 0 Å². The van der Waals surface area contributed by atoms with Crippen molar-refractivity contribution >= 4 is 5.97 Å². The van der Waals surface area contributed by atoms with Crippen LogP contribution in [0.15, 0.2) is 23.8 Å². The van der Waals surface area contributed by atoms with Crippen molar-refractivity contribution in [2.45, 2.75) is 52.9 Å². The topological polar surface area (TPSA) is 44.8 Å². The molecule has 0 heterocycles. The Balaban J connectivity index is 2.32. The van der Waals surface area contributed by atoms with Gasteiger partial charge >= 0.3 is 5.97 Å². The Morgan fingerprint density at radius 2 is 2.15 bits per heavy atom. The normalized spacial score (nSPS) is 19.9. The molecule has 114 valence electrons. The van der Waals surface area contributed by atoms with Gasteiger partial charge in [-0.3, -0.25) is 4.79 Å². The molecule has 1 rings (SSSR count). The van der Waals surface area contributed by atoms with Gasteiger partial charge in [0.2, 0.25) is 0 Å². The van der Waals surface area contributed by atoms with Gasteiger partial charge in [-0.2, -0.15) is 0 Å². The van der Waals surface area contributed by atoms with Crippen molar-refractivity contribution in [3.63, 3.8) is 0 Å². The van der Waals surface area contributed by atoms with E-state index in [-0.39, 0.29) is 25.0 Å². The molecule has 1 aliphatic carbocycles. The van der Waals surface area contributed by atoms with Crippen LogP contribution in [0.25, 0.3) is 0 Å². The minimum Gasteiger partial charge on any atom is -0.463 e. The van der Waals surface area contributed by atoms with E-state index in [1.165, 1.54) is 12.5 Å². The maximum absolute atomic E-state index is 10.7. The predicted octanol–water partition coefficient (Wildman–Crippen LogP) is 3.23. The largest absolute Gasteiger partial charge is 0.463 e. The van der Waals surface area contributed by atoms with Crippen LogP contribution in [0.2, 0.25) is 0 Å². The van der Waals surface area contributed by atoms with Crippen LogP contribution < -0.4 is 0 Å². The molecule has 4 nitrogen and oxygen atoms in total. The maximum Gasteiger partial charge on any atom is 0.302 e. The third kappa shape index (κ3) is 6.35. The zero-order valence-corrected chi connectivity index (χ0v) is 12.9. The Morgan fingerprint density at radius 3 is 2.75 bits per heavy atom. The fraction of sp³-hybridized carbons (Fsp3) is 0.688. The molecular weight excluding hydrogens is 256 g/mol. The van der Waals surface area contributed by atoms with Gasteiger partial charge in [-0.15, -0.1) is 0 Å². The number of carbonyl (C=O) groups is 1. The number of rotatable bonds is 8. The lowest BCUT2D eigenvalue weighted by Gasteiger charge is -2.26. The zero-order valence-electron chi connectivity index (χ0n) is 12.9. The molecule has 2 atom stereocenters. The minimum atomic E-state index is -0.288. The highest BCUT2D eigenvalue weighted by molar-refractivity contribution is 5.65. The van der Waals surface area contributed by atoms with Crippen molar-refractivity contribution in [1.82, 2.24) is 0 Å². The van der Waals surface area contributed by atoms with Gasteiger partial charge in [0.05, 0.1) is 12.7 Å². The third-order valence-electron chi connectivity index (χ3n) is 3.17. The Bertz CT molecular complexity index is 357. The molecule has 2 unspecified atom stereocenters. The molecule has 0 aromatic rings. The minimum absolute atomic E-state index is 0.0658. The summed E-state index contributed by atoms with van der Waals surface area (Å²) >= 11 is 0. The molecule has 0 aliphatic heterocycles. The number of hydrogen-bond acceptors (Lipinski definition) is 4. The third-order valence-corrected chi connectivity index (χ3v) is 3.17. The molecule has 0 aromatic heterocycles. The van der Waals surface area contributed by atoms with Gasteiger partial charge in [0.1, 0.15) is 6.61 Å². The van der Waals surface area contributed by atoms with E-state index in [1.54, 1.807) is 0 Å². The number of hydrogen-bond donors (Lipinski definition) is 0. The molecule has 0 radical (unpaired) electrons. The van der Waals surface area contributed by atoms with Crippen LogP contribution in [0.4, 0.5) is 0 Å². The van der Waals surface area contributed by atoms with Crippen LogP contribution in [0, 0.1) is 5.92 Å². The van der Waals surface area contributed by atoms with E-state index in [0.717, 1.165) is 12.8 Å². The molecule has 0 saturated carbocycles. The second-order valence-corrected chi connectivity index (χ2v) is 5.21. The average molecular weight is 282 g/mol. The molecule has 1 aliphatic rings. The maximum atomic E-state index is 10.7. The molecule has 20 heavy (non-hydrogen) atoms. The number of esters is 1. The second kappa shape index (κ2) is 8.93. The summed E-state index contributed by atoms with van der Waals surface area (Å²) in [6.07, 6.45) is 7.76. The highest BCUT2D eigenvalue weighted by atomic mass is 16.7. The molecule has 0 bridgehead atoms. The standard InChI is InChI=1S/C16H26O4/c1-5-16(19-10-9-18-13(4)17)20-15-8-6-7-14(11-15)12(2)3/h6-8,12,15-16H,5,9-11H2,1-4H3. The summed E-state index contributed by atoms with van der Waals surface area (Å²) in [5.74, 6) is 0.250. The Hall–Kier alpha value is -1.13. The first-order valence-electron chi connectivity index (χ1n) is 7.30. The number of ether oxygens (including phenoxy) is 3. The summed E-state index contributed by atoms with van der Waals surface area (Å²) in [7, 11) is 0. The van der Waals surface area contributed by atoms with E-state index < -0.39 is 0 Å². The monoisotopic (exact) mass is 282 g/mol. The van der Waals surface area contributed by atoms with Crippen molar-refractivity contribution in [3.05, 3.63) is 23.8 Å². The fourth-order valence-corrected chi connectivity index (χ4v) is 2.01. The molecule has 0 aromatic carbocycles. The van der Waals surface area contributed by atoms with Crippen molar-refractivity contribution in [1.29, 1.82) is 0 Å². The first kappa shape index (κ1) is 16.9. The number of carbonyl (C=O) groups excluding carboxylic acids is 1. The molecule has 0 saturated heterocycles. The van der Waals surface area contributed by atoms with Crippen molar-refractivity contribution in [3.8, 4) is 0 Å². The highest BCUT2D eigenvalue weighted by Gasteiger charge is 2.18.